The number of amides is 1. The zero-order chi connectivity index (χ0) is 18.7. The Morgan fingerprint density at radius 3 is 2.12 bits per heavy atom. The van der Waals surface area contributed by atoms with Crippen molar-refractivity contribution in [3.63, 3.8) is 0 Å². The monoisotopic (exact) mass is 359 g/mol. The highest BCUT2D eigenvalue weighted by atomic mass is 35.5. The minimum absolute atomic E-state index is 0.0148. The molecule has 2 aromatic carbocycles. The minimum atomic E-state index is -1.21. The fourth-order valence-corrected chi connectivity index (χ4v) is 3.05. The van der Waals surface area contributed by atoms with Crippen molar-refractivity contribution >= 4 is 23.5 Å². The van der Waals surface area contributed by atoms with Crippen LogP contribution in [0.3, 0.4) is 0 Å². The Labute approximate surface area is 152 Å². The molecule has 0 saturated carbocycles. The molecule has 25 heavy (non-hydrogen) atoms. The standard InChI is InChI=1S/C20H22ClNO3/c1-19(2,15-11-7-8-12-16(15)21)17(23)22-13-20(3,18(24)25)14-9-5-4-6-10-14/h4-12H,13H2,1-3H3,(H,22,23)(H,24,25). The van der Waals surface area contributed by atoms with Gasteiger partial charge in [0.2, 0.25) is 5.91 Å². The van der Waals surface area contributed by atoms with Crippen LogP contribution in [0.4, 0.5) is 0 Å². The molecule has 0 bridgehead atoms. The lowest BCUT2D eigenvalue weighted by atomic mass is 9.80. The van der Waals surface area contributed by atoms with Crippen LogP contribution in [-0.2, 0) is 20.4 Å². The molecule has 1 atom stereocenters. The average Bonchev–Trinajstić information content (AvgIpc) is 2.60. The summed E-state index contributed by atoms with van der Waals surface area (Å²) in [5.74, 6) is -1.27. The van der Waals surface area contributed by atoms with Gasteiger partial charge in [0.1, 0.15) is 5.41 Å². The van der Waals surface area contributed by atoms with Crippen molar-refractivity contribution in [1.82, 2.24) is 5.32 Å². The molecule has 1 unspecified atom stereocenters. The number of aliphatic carboxylic acids is 1. The van der Waals surface area contributed by atoms with E-state index in [1.807, 2.05) is 12.1 Å². The van der Waals surface area contributed by atoms with E-state index in [-0.39, 0.29) is 12.5 Å². The van der Waals surface area contributed by atoms with Crippen LogP contribution in [0.1, 0.15) is 31.9 Å². The van der Waals surface area contributed by atoms with Gasteiger partial charge in [0.15, 0.2) is 0 Å². The molecule has 0 saturated heterocycles. The van der Waals surface area contributed by atoms with Gasteiger partial charge in [-0.1, -0.05) is 60.1 Å². The first-order chi connectivity index (χ1) is 11.7. The molecule has 0 heterocycles. The van der Waals surface area contributed by atoms with Crippen LogP contribution in [0, 0.1) is 0 Å². The quantitative estimate of drug-likeness (QED) is 0.824. The third-order valence-electron chi connectivity index (χ3n) is 4.60. The first-order valence-electron chi connectivity index (χ1n) is 8.02. The van der Waals surface area contributed by atoms with E-state index >= 15 is 0 Å². The lowest BCUT2D eigenvalue weighted by molar-refractivity contribution is -0.143. The van der Waals surface area contributed by atoms with Crippen molar-refractivity contribution in [2.24, 2.45) is 0 Å². The number of carboxylic acids is 1. The fraction of sp³-hybridized carbons (Fsp3) is 0.300. The third kappa shape index (κ3) is 3.85. The number of hydrogen-bond donors (Lipinski definition) is 2. The number of carbonyl (C=O) groups is 2. The summed E-state index contributed by atoms with van der Waals surface area (Å²) in [6.45, 7) is 5.13. The first-order valence-corrected chi connectivity index (χ1v) is 8.39. The van der Waals surface area contributed by atoms with E-state index in [9.17, 15) is 14.7 Å². The number of hydrogen-bond acceptors (Lipinski definition) is 2. The van der Waals surface area contributed by atoms with Crippen molar-refractivity contribution in [2.75, 3.05) is 6.54 Å². The van der Waals surface area contributed by atoms with Crippen LogP contribution in [0.5, 0.6) is 0 Å². The van der Waals surface area contributed by atoms with Gasteiger partial charge in [0, 0.05) is 11.6 Å². The van der Waals surface area contributed by atoms with Crippen molar-refractivity contribution in [3.8, 4) is 0 Å². The Bertz CT molecular complexity index is 774. The average molecular weight is 360 g/mol. The highest BCUT2D eigenvalue weighted by Gasteiger charge is 2.38. The lowest BCUT2D eigenvalue weighted by Gasteiger charge is -2.30. The summed E-state index contributed by atoms with van der Waals surface area (Å²) >= 11 is 6.22. The second-order valence-electron chi connectivity index (χ2n) is 6.79. The normalized spacial score (nSPS) is 13.8. The molecule has 2 N–H and O–H groups in total. The van der Waals surface area contributed by atoms with Crippen molar-refractivity contribution in [1.29, 1.82) is 0 Å². The summed E-state index contributed by atoms with van der Waals surface area (Å²) in [4.78, 5) is 24.6. The molecule has 2 aromatic rings. The van der Waals surface area contributed by atoms with Gasteiger partial charge in [-0.15, -0.1) is 0 Å². The van der Waals surface area contributed by atoms with Gasteiger partial charge in [-0.05, 0) is 38.0 Å². The largest absolute Gasteiger partial charge is 0.481 e. The van der Waals surface area contributed by atoms with Gasteiger partial charge in [0.05, 0.1) is 5.41 Å². The number of carboxylic acid groups (broad SMARTS) is 1. The molecule has 4 nitrogen and oxygen atoms in total. The number of rotatable bonds is 6. The smallest absolute Gasteiger partial charge is 0.315 e. The van der Waals surface area contributed by atoms with Gasteiger partial charge in [-0.3, -0.25) is 9.59 Å². The Hall–Kier alpha value is -2.33. The summed E-state index contributed by atoms with van der Waals surface area (Å²) < 4.78 is 0. The predicted molar refractivity (Wildman–Crippen MR) is 98.9 cm³/mol. The summed E-state index contributed by atoms with van der Waals surface area (Å²) in [5, 5.41) is 13.0. The number of carbonyl (C=O) groups excluding carboxylic acids is 1. The Kier molecular flexibility index (Phi) is 5.53. The Balaban J connectivity index is 2.22. The van der Waals surface area contributed by atoms with E-state index in [4.69, 9.17) is 11.6 Å². The molecule has 0 spiro atoms. The topological polar surface area (TPSA) is 66.4 Å². The molecule has 2 rings (SSSR count). The molecule has 1 amide bonds. The lowest BCUT2D eigenvalue weighted by Crippen LogP contribution is -2.49. The maximum absolute atomic E-state index is 12.8. The van der Waals surface area contributed by atoms with Gasteiger partial charge < -0.3 is 10.4 Å². The van der Waals surface area contributed by atoms with E-state index in [2.05, 4.69) is 5.32 Å². The molecule has 0 aliphatic carbocycles. The van der Waals surface area contributed by atoms with Crippen LogP contribution in [0.25, 0.3) is 0 Å². The molecular formula is C20H22ClNO3. The summed E-state index contributed by atoms with van der Waals surface area (Å²) in [5.41, 5.74) is -0.758. The number of nitrogens with one attached hydrogen (secondary N) is 1. The van der Waals surface area contributed by atoms with Crippen LogP contribution in [0.2, 0.25) is 5.02 Å². The molecule has 0 aromatic heterocycles. The third-order valence-corrected chi connectivity index (χ3v) is 4.93. The fourth-order valence-electron chi connectivity index (χ4n) is 2.68. The molecule has 0 aliphatic heterocycles. The summed E-state index contributed by atoms with van der Waals surface area (Å²) in [6.07, 6.45) is 0. The second kappa shape index (κ2) is 7.28. The van der Waals surface area contributed by atoms with Gasteiger partial charge >= 0.3 is 5.97 Å². The zero-order valence-corrected chi connectivity index (χ0v) is 15.3. The number of halogens is 1. The van der Waals surface area contributed by atoms with Crippen LogP contribution >= 0.6 is 11.6 Å². The Morgan fingerprint density at radius 2 is 1.56 bits per heavy atom. The maximum Gasteiger partial charge on any atom is 0.315 e. The predicted octanol–water partition coefficient (Wildman–Crippen LogP) is 3.78. The SMILES string of the molecule is CC(C)(C(=O)NCC(C)(C(=O)O)c1ccccc1)c1ccccc1Cl. The molecule has 0 aliphatic rings. The molecule has 5 heteroatoms. The Morgan fingerprint density at radius 1 is 1.00 bits per heavy atom. The van der Waals surface area contributed by atoms with Crippen molar-refractivity contribution in [3.05, 3.63) is 70.7 Å². The summed E-state index contributed by atoms with van der Waals surface area (Å²) in [7, 11) is 0. The molecular weight excluding hydrogens is 338 g/mol. The first kappa shape index (κ1) is 19.0. The van der Waals surface area contributed by atoms with E-state index in [1.54, 1.807) is 63.2 Å². The van der Waals surface area contributed by atoms with Crippen LogP contribution in [0.15, 0.2) is 54.6 Å². The maximum atomic E-state index is 12.8. The molecule has 0 fully saturated rings. The van der Waals surface area contributed by atoms with E-state index in [1.165, 1.54) is 0 Å². The van der Waals surface area contributed by atoms with Crippen LogP contribution in [-0.4, -0.2) is 23.5 Å². The van der Waals surface area contributed by atoms with Crippen molar-refractivity contribution < 1.29 is 14.7 Å². The van der Waals surface area contributed by atoms with E-state index < -0.39 is 16.8 Å². The van der Waals surface area contributed by atoms with E-state index in [0.717, 1.165) is 0 Å². The number of benzene rings is 2. The van der Waals surface area contributed by atoms with Gasteiger partial charge in [0.25, 0.3) is 0 Å². The second-order valence-corrected chi connectivity index (χ2v) is 7.20. The minimum Gasteiger partial charge on any atom is -0.481 e. The van der Waals surface area contributed by atoms with Crippen molar-refractivity contribution in [2.45, 2.75) is 31.6 Å². The van der Waals surface area contributed by atoms with E-state index in [0.29, 0.717) is 16.1 Å². The van der Waals surface area contributed by atoms with Gasteiger partial charge in [-0.2, -0.15) is 0 Å². The molecule has 0 radical (unpaired) electrons. The highest BCUT2D eigenvalue weighted by Crippen LogP contribution is 2.30. The summed E-state index contributed by atoms with van der Waals surface area (Å²) in [6, 6.07) is 16.0. The molecule has 132 valence electrons. The van der Waals surface area contributed by atoms with Gasteiger partial charge in [-0.25, -0.2) is 0 Å². The highest BCUT2D eigenvalue weighted by molar-refractivity contribution is 6.31. The zero-order valence-electron chi connectivity index (χ0n) is 14.5. The van der Waals surface area contributed by atoms with Crippen LogP contribution < -0.4 is 5.32 Å².